The van der Waals surface area contributed by atoms with Crippen LogP contribution in [0.5, 0.6) is 0 Å². The maximum atomic E-state index is 12.0. The van der Waals surface area contributed by atoms with E-state index in [0.717, 1.165) is 10.7 Å². The van der Waals surface area contributed by atoms with Crippen LogP contribution in [0.2, 0.25) is 0 Å². The van der Waals surface area contributed by atoms with Crippen LogP contribution in [0.3, 0.4) is 0 Å². The van der Waals surface area contributed by atoms with Crippen molar-refractivity contribution in [2.45, 2.75) is 19.8 Å². The lowest BCUT2D eigenvalue weighted by Crippen LogP contribution is -2.44. The molecule has 7 heteroatoms. The molecule has 98 valence electrons. The molecule has 17 heavy (non-hydrogen) atoms. The van der Waals surface area contributed by atoms with Crippen molar-refractivity contribution in [1.29, 1.82) is 0 Å². The Balaban J connectivity index is 2.64. The highest BCUT2D eigenvalue weighted by Gasteiger charge is 2.27. The first-order valence-electron chi connectivity index (χ1n) is 5.43. The molecule has 0 bridgehead atoms. The lowest BCUT2D eigenvalue weighted by atomic mass is 10.1. The summed E-state index contributed by atoms with van der Waals surface area (Å²) in [5.41, 5.74) is 1.18. The number of hydrogen-bond donors (Lipinski definition) is 1. The van der Waals surface area contributed by atoms with Gasteiger partial charge in [-0.2, -0.15) is 17.0 Å². The van der Waals surface area contributed by atoms with E-state index in [9.17, 15) is 13.2 Å². The largest absolute Gasteiger partial charge is 0.481 e. The average Bonchev–Trinajstić information content (AvgIpc) is 2.26. The monoisotopic (exact) mass is 262 g/mol. The molecule has 1 aliphatic rings. The number of hydrogen-bond acceptors (Lipinski definition) is 3. The summed E-state index contributed by atoms with van der Waals surface area (Å²) in [5, 5.41) is 8.53. The van der Waals surface area contributed by atoms with Gasteiger partial charge in [0.15, 0.2) is 0 Å². The van der Waals surface area contributed by atoms with E-state index >= 15 is 0 Å². The van der Waals surface area contributed by atoms with Crippen molar-refractivity contribution in [2.75, 3.05) is 26.7 Å². The first-order chi connectivity index (χ1) is 7.84. The predicted octanol–water partition coefficient (Wildman–Crippen LogP) is 0.290. The van der Waals surface area contributed by atoms with Gasteiger partial charge in [-0.1, -0.05) is 11.6 Å². The Labute approximate surface area is 102 Å². The van der Waals surface area contributed by atoms with E-state index < -0.39 is 16.2 Å². The van der Waals surface area contributed by atoms with Crippen LogP contribution in [0, 0.1) is 0 Å². The van der Waals surface area contributed by atoms with Crippen LogP contribution in [-0.4, -0.2) is 54.8 Å². The van der Waals surface area contributed by atoms with Gasteiger partial charge in [0.25, 0.3) is 10.2 Å². The van der Waals surface area contributed by atoms with E-state index in [2.05, 4.69) is 0 Å². The number of rotatable bonds is 5. The third kappa shape index (κ3) is 3.79. The van der Waals surface area contributed by atoms with Gasteiger partial charge >= 0.3 is 5.97 Å². The SMILES string of the molecule is CC1=CCN(S(=O)(=O)N(C)CCC(=O)O)CC1. The maximum absolute atomic E-state index is 12.0. The van der Waals surface area contributed by atoms with Gasteiger partial charge < -0.3 is 5.11 Å². The average molecular weight is 262 g/mol. The molecule has 0 unspecified atom stereocenters. The van der Waals surface area contributed by atoms with Gasteiger partial charge in [-0.3, -0.25) is 4.79 Å². The van der Waals surface area contributed by atoms with Crippen LogP contribution in [-0.2, 0) is 15.0 Å². The molecule has 1 N–H and O–H groups in total. The van der Waals surface area contributed by atoms with Crippen LogP contribution < -0.4 is 0 Å². The molecule has 0 amide bonds. The van der Waals surface area contributed by atoms with Crippen LogP contribution in [0.15, 0.2) is 11.6 Å². The summed E-state index contributed by atoms with van der Waals surface area (Å²) in [6.45, 7) is 2.79. The van der Waals surface area contributed by atoms with Crippen molar-refractivity contribution in [1.82, 2.24) is 8.61 Å². The molecule has 0 spiro atoms. The fourth-order valence-electron chi connectivity index (χ4n) is 1.53. The van der Waals surface area contributed by atoms with Crippen molar-refractivity contribution >= 4 is 16.2 Å². The van der Waals surface area contributed by atoms with Crippen LogP contribution in [0.4, 0.5) is 0 Å². The molecule has 0 aromatic carbocycles. The van der Waals surface area contributed by atoms with Crippen molar-refractivity contribution in [3.8, 4) is 0 Å². The van der Waals surface area contributed by atoms with Gasteiger partial charge in [0.2, 0.25) is 0 Å². The Bertz CT molecular complexity index is 416. The third-order valence-electron chi connectivity index (χ3n) is 2.76. The van der Waals surface area contributed by atoms with Crippen molar-refractivity contribution in [2.24, 2.45) is 0 Å². The lowest BCUT2D eigenvalue weighted by molar-refractivity contribution is -0.137. The summed E-state index contributed by atoms with van der Waals surface area (Å²) in [4.78, 5) is 10.4. The fourth-order valence-corrected chi connectivity index (χ4v) is 2.83. The lowest BCUT2D eigenvalue weighted by Gasteiger charge is -2.29. The Hall–Kier alpha value is -0.920. The van der Waals surface area contributed by atoms with Crippen LogP contribution >= 0.6 is 0 Å². The highest BCUT2D eigenvalue weighted by atomic mass is 32.2. The molecule has 0 saturated heterocycles. The molecule has 0 aromatic rings. The van der Waals surface area contributed by atoms with Gasteiger partial charge in [-0.05, 0) is 13.3 Å². The summed E-state index contributed by atoms with van der Waals surface area (Å²) in [6.07, 6.45) is 2.43. The second-order valence-electron chi connectivity index (χ2n) is 4.13. The van der Waals surface area contributed by atoms with Gasteiger partial charge in [-0.15, -0.1) is 0 Å². The third-order valence-corrected chi connectivity index (χ3v) is 4.71. The molecule has 0 saturated carbocycles. The highest BCUT2D eigenvalue weighted by molar-refractivity contribution is 7.86. The van der Waals surface area contributed by atoms with E-state index in [-0.39, 0.29) is 13.0 Å². The summed E-state index contributed by atoms with van der Waals surface area (Å²) >= 11 is 0. The van der Waals surface area contributed by atoms with Crippen LogP contribution in [0.25, 0.3) is 0 Å². The predicted molar refractivity (Wildman–Crippen MR) is 63.7 cm³/mol. The number of carboxylic acid groups (broad SMARTS) is 1. The first kappa shape index (κ1) is 14.1. The molecular formula is C10H18N2O4S. The first-order valence-corrected chi connectivity index (χ1v) is 6.82. The molecule has 0 atom stereocenters. The summed E-state index contributed by atoms with van der Waals surface area (Å²) in [6, 6.07) is 0. The van der Waals surface area contributed by atoms with Crippen LogP contribution in [0.1, 0.15) is 19.8 Å². The van der Waals surface area contributed by atoms with Gasteiger partial charge in [-0.25, -0.2) is 0 Å². The maximum Gasteiger partial charge on any atom is 0.304 e. The quantitative estimate of drug-likeness (QED) is 0.722. The number of nitrogens with zero attached hydrogens (tertiary/aromatic N) is 2. The second-order valence-corrected chi connectivity index (χ2v) is 6.17. The van der Waals surface area contributed by atoms with E-state index in [1.807, 2.05) is 13.0 Å². The Kier molecular flexibility index (Phi) is 4.67. The van der Waals surface area contributed by atoms with Gasteiger partial charge in [0, 0.05) is 26.7 Å². The zero-order valence-electron chi connectivity index (χ0n) is 10.1. The Morgan fingerprint density at radius 3 is 2.71 bits per heavy atom. The molecular weight excluding hydrogens is 244 g/mol. The molecule has 0 aliphatic carbocycles. The zero-order valence-corrected chi connectivity index (χ0v) is 10.9. The minimum Gasteiger partial charge on any atom is -0.481 e. The number of carbonyl (C=O) groups is 1. The molecule has 0 fully saturated rings. The molecule has 1 heterocycles. The van der Waals surface area contributed by atoms with Crippen molar-refractivity contribution in [3.63, 3.8) is 0 Å². The molecule has 1 aliphatic heterocycles. The minimum atomic E-state index is -3.52. The number of aliphatic carboxylic acids is 1. The van der Waals surface area contributed by atoms with E-state index in [0.29, 0.717) is 13.1 Å². The second kappa shape index (κ2) is 5.61. The van der Waals surface area contributed by atoms with Crippen molar-refractivity contribution < 1.29 is 18.3 Å². The zero-order chi connectivity index (χ0) is 13.1. The fraction of sp³-hybridized carbons (Fsp3) is 0.700. The smallest absolute Gasteiger partial charge is 0.304 e. The van der Waals surface area contributed by atoms with E-state index in [1.165, 1.54) is 16.9 Å². The Morgan fingerprint density at radius 2 is 2.24 bits per heavy atom. The minimum absolute atomic E-state index is 0.00311. The van der Waals surface area contributed by atoms with Gasteiger partial charge in [0.1, 0.15) is 0 Å². The summed E-state index contributed by atoms with van der Waals surface area (Å²) in [5.74, 6) is -0.999. The van der Waals surface area contributed by atoms with E-state index in [1.54, 1.807) is 0 Å². The summed E-state index contributed by atoms with van der Waals surface area (Å²) in [7, 11) is -2.12. The van der Waals surface area contributed by atoms with Crippen molar-refractivity contribution in [3.05, 3.63) is 11.6 Å². The normalized spacial score (nSPS) is 18.2. The number of carboxylic acids is 1. The van der Waals surface area contributed by atoms with E-state index in [4.69, 9.17) is 5.11 Å². The molecule has 1 rings (SSSR count). The Morgan fingerprint density at radius 1 is 1.59 bits per heavy atom. The molecule has 0 radical (unpaired) electrons. The molecule has 6 nitrogen and oxygen atoms in total. The molecule has 0 aromatic heterocycles. The van der Waals surface area contributed by atoms with Gasteiger partial charge in [0.05, 0.1) is 6.42 Å². The topological polar surface area (TPSA) is 77.9 Å². The standard InChI is InChI=1S/C10H18N2O4S/c1-9-3-7-12(8-4-9)17(15,16)11(2)6-5-10(13)14/h3H,4-8H2,1-2H3,(H,13,14). The highest BCUT2D eigenvalue weighted by Crippen LogP contribution is 2.15. The summed E-state index contributed by atoms with van der Waals surface area (Å²) < 4.78 is 26.5.